The number of rotatable bonds is 9. The van der Waals surface area contributed by atoms with Crippen LogP contribution in [-0.2, 0) is 16.3 Å². The number of benzene rings is 2. The van der Waals surface area contributed by atoms with Crippen LogP contribution in [-0.4, -0.2) is 46.8 Å². The highest BCUT2D eigenvalue weighted by atomic mass is 32.2. The van der Waals surface area contributed by atoms with E-state index in [9.17, 15) is 8.42 Å². The average molecular weight is 417 g/mol. The summed E-state index contributed by atoms with van der Waals surface area (Å²) in [5.74, 6) is 1.20. The Labute approximate surface area is 174 Å². The summed E-state index contributed by atoms with van der Waals surface area (Å²) in [6.45, 7) is 5.84. The molecule has 29 heavy (non-hydrogen) atoms. The summed E-state index contributed by atoms with van der Waals surface area (Å²) in [6.07, 6.45) is 2.00. The van der Waals surface area contributed by atoms with Gasteiger partial charge in [0.2, 0.25) is 0 Å². The van der Waals surface area contributed by atoms with Crippen LogP contribution in [0.4, 0.5) is 5.69 Å². The Kier molecular flexibility index (Phi) is 8.51. The quantitative estimate of drug-likeness (QED) is 0.432. The minimum absolute atomic E-state index is 0.263. The molecule has 0 bridgehead atoms. The van der Waals surface area contributed by atoms with Crippen molar-refractivity contribution in [2.75, 3.05) is 31.7 Å². The van der Waals surface area contributed by atoms with E-state index in [0.717, 1.165) is 30.2 Å². The Balaban J connectivity index is 1.82. The van der Waals surface area contributed by atoms with E-state index >= 15 is 0 Å². The third kappa shape index (κ3) is 7.77. The van der Waals surface area contributed by atoms with Crippen molar-refractivity contribution in [3.63, 3.8) is 0 Å². The van der Waals surface area contributed by atoms with Crippen molar-refractivity contribution in [3.8, 4) is 0 Å². The van der Waals surface area contributed by atoms with E-state index in [1.165, 1.54) is 6.26 Å². The molecule has 0 saturated carbocycles. The maximum absolute atomic E-state index is 11.5. The molecule has 0 spiro atoms. The third-order valence-corrected chi connectivity index (χ3v) is 5.83. The highest BCUT2D eigenvalue weighted by molar-refractivity contribution is 7.90. The summed E-state index contributed by atoms with van der Waals surface area (Å²) < 4.78 is 23.1. The molecule has 158 valence electrons. The smallest absolute Gasteiger partial charge is 0.191 e. The molecule has 0 radical (unpaired) electrons. The van der Waals surface area contributed by atoms with Gasteiger partial charge in [-0.3, -0.25) is 4.99 Å². The lowest BCUT2D eigenvalue weighted by molar-refractivity contribution is 0.512. The molecule has 2 aromatic carbocycles. The molecule has 2 rings (SSSR count). The van der Waals surface area contributed by atoms with Crippen LogP contribution in [0.3, 0.4) is 0 Å². The summed E-state index contributed by atoms with van der Waals surface area (Å²) in [4.78, 5) is 4.64. The van der Waals surface area contributed by atoms with Crippen LogP contribution in [0, 0.1) is 5.92 Å². The highest BCUT2D eigenvalue weighted by Gasteiger charge is 2.13. The molecule has 3 N–H and O–H groups in total. The number of hydrogen-bond acceptors (Lipinski definition) is 4. The number of hydrogen-bond donors (Lipinski definition) is 3. The van der Waals surface area contributed by atoms with E-state index in [-0.39, 0.29) is 6.04 Å². The molecule has 0 saturated heterocycles. The van der Waals surface area contributed by atoms with Gasteiger partial charge >= 0.3 is 0 Å². The summed E-state index contributed by atoms with van der Waals surface area (Å²) in [7, 11) is -1.40. The zero-order valence-electron chi connectivity index (χ0n) is 17.6. The predicted molar refractivity (Wildman–Crippen MR) is 121 cm³/mol. The van der Waals surface area contributed by atoms with Gasteiger partial charge in [-0.15, -0.1) is 0 Å². The van der Waals surface area contributed by atoms with Crippen LogP contribution in [0.25, 0.3) is 0 Å². The van der Waals surface area contributed by atoms with Gasteiger partial charge in [-0.05, 0) is 42.2 Å². The highest BCUT2D eigenvalue weighted by Crippen LogP contribution is 2.12. The summed E-state index contributed by atoms with van der Waals surface area (Å²) in [5.41, 5.74) is 2.18. The molecule has 0 amide bonds. The van der Waals surface area contributed by atoms with Crippen molar-refractivity contribution in [1.82, 2.24) is 10.6 Å². The van der Waals surface area contributed by atoms with Crippen LogP contribution in [0.15, 0.2) is 64.5 Å². The SMILES string of the molecule is CN=C(NCCc1ccc(S(C)(=O)=O)cc1)NCC(Nc1ccccc1)C(C)C. The first-order chi connectivity index (χ1) is 13.8. The van der Waals surface area contributed by atoms with Crippen LogP contribution in [0.1, 0.15) is 19.4 Å². The lowest BCUT2D eigenvalue weighted by Crippen LogP contribution is -2.45. The van der Waals surface area contributed by atoms with E-state index in [0.29, 0.717) is 17.4 Å². The zero-order valence-corrected chi connectivity index (χ0v) is 18.5. The second-order valence-corrected chi connectivity index (χ2v) is 9.42. The molecule has 0 fully saturated rings. The first kappa shape index (κ1) is 22.7. The second-order valence-electron chi connectivity index (χ2n) is 7.41. The average Bonchev–Trinajstić information content (AvgIpc) is 2.69. The van der Waals surface area contributed by atoms with Gasteiger partial charge in [0.15, 0.2) is 15.8 Å². The van der Waals surface area contributed by atoms with Crippen molar-refractivity contribution in [1.29, 1.82) is 0 Å². The molecule has 6 nitrogen and oxygen atoms in total. The fraction of sp³-hybridized carbons (Fsp3) is 0.409. The minimum Gasteiger partial charge on any atom is -0.380 e. The monoisotopic (exact) mass is 416 g/mol. The molecular weight excluding hydrogens is 384 g/mol. The number of para-hydroxylation sites is 1. The van der Waals surface area contributed by atoms with Crippen LogP contribution >= 0.6 is 0 Å². The number of guanidine groups is 1. The van der Waals surface area contributed by atoms with E-state index in [4.69, 9.17) is 0 Å². The number of sulfone groups is 1. The molecule has 1 atom stereocenters. The largest absolute Gasteiger partial charge is 0.380 e. The Hall–Kier alpha value is -2.54. The molecular formula is C22H32N4O2S. The van der Waals surface area contributed by atoms with Crippen molar-refractivity contribution >= 4 is 21.5 Å². The molecule has 2 aromatic rings. The van der Waals surface area contributed by atoms with Gasteiger partial charge in [0, 0.05) is 38.1 Å². The lowest BCUT2D eigenvalue weighted by atomic mass is 10.0. The Bertz CT molecular complexity index is 879. The van der Waals surface area contributed by atoms with Gasteiger partial charge in [0.25, 0.3) is 0 Å². The maximum Gasteiger partial charge on any atom is 0.191 e. The first-order valence-corrected chi connectivity index (χ1v) is 11.7. The Morgan fingerprint density at radius 3 is 2.21 bits per heavy atom. The normalized spacial score (nSPS) is 13.2. The molecule has 0 aromatic heterocycles. The van der Waals surface area contributed by atoms with E-state index < -0.39 is 9.84 Å². The fourth-order valence-electron chi connectivity index (χ4n) is 2.86. The lowest BCUT2D eigenvalue weighted by Gasteiger charge is -2.25. The number of anilines is 1. The topological polar surface area (TPSA) is 82.6 Å². The Morgan fingerprint density at radius 2 is 1.66 bits per heavy atom. The standard InChI is InChI=1S/C22H32N4O2S/c1-17(2)21(26-19-8-6-5-7-9-19)16-25-22(23-3)24-15-14-18-10-12-20(13-11-18)29(4,27)28/h5-13,17,21,26H,14-16H2,1-4H3,(H2,23,24,25). The summed E-state index contributed by atoms with van der Waals surface area (Å²) >= 11 is 0. The van der Waals surface area contributed by atoms with Crippen molar-refractivity contribution in [2.24, 2.45) is 10.9 Å². The molecule has 0 aliphatic carbocycles. The van der Waals surface area contributed by atoms with Gasteiger partial charge in [-0.1, -0.05) is 44.2 Å². The summed E-state index contributed by atoms with van der Waals surface area (Å²) in [6, 6.07) is 17.5. The van der Waals surface area contributed by atoms with Gasteiger partial charge < -0.3 is 16.0 Å². The van der Waals surface area contributed by atoms with Crippen molar-refractivity contribution < 1.29 is 8.42 Å². The molecule has 0 heterocycles. The molecule has 0 aliphatic rings. The van der Waals surface area contributed by atoms with E-state index in [1.54, 1.807) is 19.2 Å². The maximum atomic E-state index is 11.5. The minimum atomic E-state index is -3.15. The second kappa shape index (κ2) is 10.9. The van der Waals surface area contributed by atoms with Gasteiger partial charge in [-0.25, -0.2) is 8.42 Å². The number of nitrogens with zero attached hydrogens (tertiary/aromatic N) is 1. The third-order valence-electron chi connectivity index (χ3n) is 4.70. The zero-order chi connectivity index (χ0) is 21.3. The molecule has 1 unspecified atom stereocenters. The van der Waals surface area contributed by atoms with Gasteiger partial charge in [-0.2, -0.15) is 0 Å². The molecule has 7 heteroatoms. The van der Waals surface area contributed by atoms with E-state index in [2.05, 4.69) is 46.9 Å². The molecule has 0 aliphatic heterocycles. The van der Waals surface area contributed by atoms with Crippen molar-refractivity contribution in [3.05, 3.63) is 60.2 Å². The van der Waals surface area contributed by atoms with Crippen LogP contribution < -0.4 is 16.0 Å². The fourth-order valence-corrected chi connectivity index (χ4v) is 3.49. The number of nitrogens with one attached hydrogen (secondary N) is 3. The van der Waals surface area contributed by atoms with Crippen LogP contribution in [0.5, 0.6) is 0 Å². The predicted octanol–water partition coefficient (Wildman–Crippen LogP) is 2.93. The first-order valence-electron chi connectivity index (χ1n) is 9.84. The number of aliphatic imine (C=N–C) groups is 1. The van der Waals surface area contributed by atoms with E-state index in [1.807, 2.05) is 30.3 Å². The van der Waals surface area contributed by atoms with Crippen LogP contribution in [0.2, 0.25) is 0 Å². The summed E-state index contributed by atoms with van der Waals surface area (Å²) in [5, 5.41) is 10.3. The van der Waals surface area contributed by atoms with Gasteiger partial charge in [0.05, 0.1) is 4.90 Å². The van der Waals surface area contributed by atoms with Crippen molar-refractivity contribution in [2.45, 2.75) is 31.2 Å². The van der Waals surface area contributed by atoms with Gasteiger partial charge in [0.1, 0.15) is 0 Å². The Morgan fingerprint density at radius 1 is 1.00 bits per heavy atom.